The topological polar surface area (TPSA) is 46.6 Å². The third-order valence-corrected chi connectivity index (χ3v) is 4.39. The van der Waals surface area contributed by atoms with Crippen LogP contribution in [0.2, 0.25) is 0 Å². The largest absolute Gasteiger partial charge is 0.467 e. The van der Waals surface area contributed by atoms with Crippen molar-refractivity contribution < 1.29 is 13.6 Å². The Balaban J connectivity index is 1.64. The SMILES string of the molecule is O=C(CC1CCCCC1)N(Cc1ccco1)Cc1ccco1. The van der Waals surface area contributed by atoms with E-state index in [-0.39, 0.29) is 5.91 Å². The Morgan fingerprint density at radius 2 is 1.59 bits per heavy atom. The molecule has 0 atom stereocenters. The van der Waals surface area contributed by atoms with Gasteiger partial charge in [-0.1, -0.05) is 19.3 Å². The third kappa shape index (κ3) is 4.03. The maximum Gasteiger partial charge on any atom is 0.223 e. The minimum Gasteiger partial charge on any atom is -0.467 e. The van der Waals surface area contributed by atoms with Crippen molar-refractivity contribution in [2.24, 2.45) is 5.92 Å². The summed E-state index contributed by atoms with van der Waals surface area (Å²) in [6.45, 7) is 0.999. The van der Waals surface area contributed by atoms with E-state index in [9.17, 15) is 4.79 Å². The molecule has 4 heteroatoms. The van der Waals surface area contributed by atoms with E-state index < -0.39 is 0 Å². The molecule has 2 aromatic heterocycles. The maximum absolute atomic E-state index is 12.7. The van der Waals surface area contributed by atoms with Crippen molar-refractivity contribution in [1.82, 2.24) is 4.90 Å². The van der Waals surface area contributed by atoms with E-state index >= 15 is 0 Å². The summed E-state index contributed by atoms with van der Waals surface area (Å²) in [4.78, 5) is 14.5. The van der Waals surface area contributed by atoms with Gasteiger partial charge in [0, 0.05) is 6.42 Å². The third-order valence-electron chi connectivity index (χ3n) is 4.39. The lowest BCUT2D eigenvalue weighted by Gasteiger charge is -2.26. The predicted octanol–water partition coefficient (Wildman–Crippen LogP) is 4.37. The second-order valence-electron chi connectivity index (χ2n) is 6.12. The van der Waals surface area contributed by atoms with Gasteiger partial charge in [0.15, 0.2) is 0 Å². The molecule has 0 saturated heterocycles. The fraction of sp³-hybridized carbons (Fsp3) is 0.500. The number of carbonyl (C=O) groups excluding carboxylic acids is 1. The summed E-state index contributed by atoms with van der Waals surface area (Å²) in [5.74, 6) is 2.35. The van der Waals surface area contributed by atoms with Crippen molar-refractivity contribution in [1.29, 1.82) is 0 Å². The van der Waals surface area contributed by atoms with E-state index in [1.807, 2.05) is 29.2 Å². The van der Waals surface area contributed by atoms with E-state index in [0.29, 0.717) is 25.4 Å². The normalized spacial score (nSPS) is 15.8. The number of hydrogen-bond donors (Lipinski definition) is 0. The zero-order valence-electron chi connectivity index (χ0n) is 12.9. The number of rotatable bonds is 6. The van der Waals surface area contributed by atoms with Crippen LogP contribution in [-0.4, -0.2) is 10.8 Å². The molecule has 0 unspecified atom stereocenters. The molecule has 1 aliphatic rings. The first-order valence-corrected chi connectivity index (χ1v) is 8.14. The molecule has 1 saturated carbocycles. The molecule has 2 heterocycles. The summed E-state index contributed by atoms with van der Waals surface area (Å²) in [6.07, 6.45) is 10.1. The molecular formula is C18H23NO3. The first-order chi connectivity index (χ1) is 10.8. The highest BCUT2D eigenvalue weighted by atomic mass is 16.3. The van der Waals surface area contributed by atoms with E-state index in [4.69, 9.17) is 8.83 Å². The number of furan rings is 2. The highest BCUT2D eigenvalue weighted by Gasteiger charge is 2.22. The van der Waals surface area contributed by atoms with Gasteiger partial charge < -0.3 is 13.7 Å². The van der Waals surface area contributed by atoms with Gasteiger partial charge in [-0.3, -0.25) is 4.79 Å². The van der Waals surface area contributed by atoms with Crippen LogP contribution in [0.3, 0.4) is 0 Å². The Morgan fingerprint density at radius 1 is 1.00 bits per heavy atom. The van der Waals surface area contributed by atoms with Gasteiger partial charge in [0.2, 0.25) is 5.91 Å². The summed E-state index contributed by atoms with van der Waals surface area (Å²) in [6, 6.07) is 7.52. The van der Waals surface area contributed by atoms with Gasteiger partial charge in [-0.2, -0.15) is 0 Å². The van der Waals surface area contributed by atoms with Gasteiger partial charge in [0.25, 0.3) is 0 Å². The minimum absolute atomic E-state index is 0.194. The second-order valence-corrected chi connectivity index (χ2v) is 6.12. The van der Waals surface area contributed by atoms with Crippen molar-refractivity contribution in [2.45, 2.75) is 51.6 Å². The highest BCUT2D eigenvalue weighted by molar-refractivity contribution is 5.76. The first kappa shape index (κ1) is 14.9. The van der Waals surface area contributed by atoms with Crippen LogP contribution in [0.15, 0.2) is 45.6 Å². The summed E-state index contributed by atoms with van der Waals surface area (Å²) < 4.78 is 10.8. The van der Waals surface area contributed by atoms with E-state index in [2.05, 4.69) is 0 Å². The van der Waals surface area contributed by atoms with Crippen LogP contribution in [0, 0.1) is 5.92 Å². The van der Waals surface area contributed by atoms with Crippen molar-refractivity contribution in [3.05, 3.63) is 48.3 Å². The molecule has 2 aromatic rings. The van der Waals surface area contributed by atoms with Gasteiger partial charge in [0.05, 0.1) is 25.6 Å². The molecule has 118 valence electrons. The molecule has 4 nitrogen and oxygen atoms in total. The molecule has 22 heavy (non-hydrogen) atoms. The van der Waals surface area contributed by atoms with Gasteiger partial charge in [-0.05, 0) is 43.0 Å². The Morgan fingerprint density at radius 3 is 2.09 bits per heavy atom. The average Bonchev–Trinajstić information content (AvgIpc) is 3.21. The lowest BCUT2D eigenvalue weighted by Crippen LogP contribution is -2.31. The van der Waals surface area contributed by atoms with Crippen molar-refractivity contribution >= 4 is 5.91 Å². The lowest BCUT2D eigenvalue weighted by atomic mass is 9.86. The zero-order chi connectivity index (χ0) is 15.2. The van der Waals surface area contributed by atoms with Gasteiger partial charge in [-0.25, -0.2) is 0 Å². The highest BCUT2D eigenvalue weighted by Crippen LogP contribution is 2.27. The summed E-state index contributed by atoms with van der Waals surface area (Å²) >= 11 is 0. The monoisotopic (exact) mass is 301 g/mol. The van der Waals surface area contributed by atoms with Crippen LogP contribution in [-0.2, 0) is 17.9 Å². The standard InChI is InChI=1S/C18H23NO3/c20-18(12-15-6-2-1-3-7-15)19(13-16-8-4-10-21-16)14-17-9-5-11-22-17/h4-5,8-11,15H,1-3,6-7,12-14H2. The first-order valence-electron chi connectivity index (χ1n) is 8.14. The van der Waals surface area contributed by atoms with Crippen LogP contribution < -0.4 is 0 Å². The maximum atomic E-state index is 12.7. The van der Waals surface area contributed by atoms with Crippen molar-refractivity contribution in [2.75, 3.05) is 0 Å². The minimum atomic E-state index is 0.194. The Bertz CT molecular complexity index is 517. The number of amides is 1. The van der Waals surface area contributed by atoms with Crippen LogP contribution in [0.5, 0.6) is 0 Å². The molecule has 0 bridgehead atoms. The second kappa shape index (κ2) is 7.34. The number of nitrogens with zero attached hydrogens (tertiary/aromatic N) is 1. The molecule has 3 rings (SSSR count). The van der Waals surface area contributed by atoms with Crippen LogP contribution in [0.4, 0.5) is 0 Å². The lowest BCUT2D eigenvalue weighted by molar-refractivity contribution is -0.134. The average molecular weight is 301 g/mol. The summed E-state index contributed by atoms with van der Waals surface area (Å²) in [5.41, 5.74) is 0. The predicted molar refractivity (Wildman–Crippen MR) is 82.9 cm³/mol. The van der Waals surface area contributed by atoms with E-state index in [0.717, 1.165) is 11.5 Å². The molecular weight excluding hydrogens is 278 g/mol. The number of hydrogen-bond acceptors (Lipinski definition) is 3. The van der Waals surface area contributed by atoms with E-state index in [1.54, 1.807) is 12.5 Å². The van der Waals surface area contributed by atoms with Crippen LogP contribution in [0.1, 0.15) is 50.0 Å². The van der Waals surface area contributed by atoms with Gasteiger partial charge in [0.1, 0.15) is 11.5 Å². The molecule has 1 fully saturated rings. The molecule has 0 aliphatic heterocycles. The molecule has 1 aliphatic carbocycles. The van der Waals surface area contributed by atoms with Crippen molar-refractivity contribution in [3.8, 4) is 0 Å². The fourth-order valence-electron chi connectivity index (χ4n) is 3.18. The molecule has 0 N–H and O–H groups in total. The molecule has 0 aromatic carbocycles. The summed E-state index contributed by atoms with van der Waals surface area (Å²) in [7, 11) is 0. The Labute approximate surface area is 131 Å². The molecule has 1 amide bonds. The quantitative estimate of drug-likeness (QED) is 0.796. The smallest absolute Gasteiger partial charge is 0.223 e. The summed E-state index contributed by atoms with van der Waals surface area (Å²) in [5, 5.41) is 0. The fourth-order valence-corrected chi connectivity index (χ4v) is 3.18. The van der Waals surface area contributed by atoms with E-state index in [1.165, 1.54) is 32.1 Å². The van der Waals surface area contributed by atoms with Gasteiger partial charge in [-0.15, -0.1) is 0 Å². The van der Waals surface area contributed by atoms with Crippen LogP contribution >= 0.6 is 0 Å². The molecule has 0 spiro atoms. The van der Waals surface area contributed by atoms with Gasteiger partial charge >= 0.3 is 0 Å². The zero-order valence-corrected chi connectivity index (χ0v) is 12.9. The van der Waals surface area contributed by atoms with Crippen molar-refractivity contribution in [3.63, 3.8) is 0 Å². The molecule has 0 radical (unpaired) electrons. The number of carbonyl (C=O) groups is 1. The Kier molecular flexibility index (Phi) is 4.99. The Hall–Kier alpha value is -1.97. The van der Waals surface area contributed by atoms with Crippen LogP contribution in [0.25, 0.3) is 0 Å².